The van der Waals surface area contributed by atoms with Gasteiger partial charge in [-0.2, -0.15) is 0 Å². The van der Waals surface area contributed by atoms with Gasteiger partial charge in [0.25, 0.3) is 0 Å². The lowest BCUT2D eigenvalue weighted by molar-refractivity contribution is 1.12. The lowest BCUT2D eigenvalue weighted by atomic mass is 10.0. The van der Waals surface area contributed by atoms with Crippen LogP contribution in [0.2, 0.25) is 0 Å². The van der Waals surface area contributed by atoms with Gasteiger partial charge in [0.2, 0.25) is 5.78 Å². The van der Waals surface area contributed by atoms with Crippen molar-refractivity contribution in [2.45, 2.75) is 0 Å². The van der Waals surface area contributed by atoms with Crippen molar-refractivity contribution in [2.75, 3.05) is 4.90 Å². The second-order valence-corrected chi connectivity index (χ2v) is 14.7. The highest BCUT2D eigenvalue weighted by Gasteiger charge is 2.22. The van der Waals surface area contributed by atoms with Crippen molar-refractivity contribution in [1.29, 1.82) is 0 Å². The molecule has 0 bridgehead atoms. The van der Waals surface area contributed by atoms with Crippen molar-refractivity contribution in [2.24, 2.45) is 0 Å². The fourth-order valence-electron chi connectivity index (χ4n) is 8.02. The van der Waals surface area contributed by atoms with Crippen LogP contribution in [-0.4, -0.2) is 14.0 Å². The summed E-state index contributed by atoms with van der Waals surface area (Å²) in [5.41, 5.74) is 13.4. The van der Waals surface area contributed by atoms with Crippen molar-refractivity contribution in [3.05, 3.63) is 194 Å². The average molecular weight is 709 g/mol. The highest BCUT2D eigenvalue weighted by molar-refractivity contribution is 7.25. The Hall–Kier alpha value is -6.95. The van der Waals surface area contributed by atoms with Gasteiger partial charge in [0.1, 0.15) is 0 Å². The third kappa shape index (κ3) is 4.86. The van der Waals surface area contributed by atoms with Crippen molar-refractivity contribution in [3.63, 3.8) is 0 Å². The number of aromatic nitrogens is 3. The van der Waals surface area contributed by atoms with Gasteiger partial charge in [-0.3, -0.25) is 8.97 Å². The third-order valence-electron chi connectivity index (χ3n) is 10.5. The standard InChI is InChI=1S/C49H32N4S/c1-3-12-33(13-4-1)35-22-26-37(27-23-35)51(38-28-24-36(25-29-38)34-14-5-2-6-15-34)39-30-31-43-45(32-39)52-42-18-9-8-17-41(42)50-49(52)53(43)44-19-11-21-47-48(44)40-16-7-10-20-46(40)54-47/h1-32H. The van der Waals surface area contributed by atoms with E-state index in [0.717, 1.165) is 50.6 Å². The molecule has 11 aromatic rings. The van der Waals surface area contributed by atoms with Crippen molar-refractivity contribution < 1.29 is 0 Å². The molecule has 0 saturated heterocycles. The van der Waals surface area contributed by atoms with Gasteiger partial charge in [0.15, 0.2) is 0 Å². The first-order valence-corrected chi connectivity index (χ1v) is 19.0. The van der Waals surface area contributed by atoms with Gasteiger partial charge in [0.05, 0.1) is 27.8 Å². The predicted molar refractivity (Wildman–Crippen MR) is 228 cm³/mol. The summed E-state index contributed by atoms with van der Waals surface area (Å²) in [7, 11) is 0. The number of imidazole rings is 2. The highest BCUT2D eigenvalue weighted by Crippen LogP contribution is 2.42. The molecule has 3 aromatic heterocycles. The molecule has 4 nitrogen and oxygen atoms in total. The van der Waals surface area contributed by atoms with Gasteiger partial charge in [-0.25, -0.2) is 4.98 Å². The number of hydrogen-bond acceptors (Lipinski definition) is 3. The molecule has 0 N–H and O–H groups in total. The summed E-state index contributed by atoms with van der Waals surface area (Å²) in [4.78, 5) is 7.64. The Bertz CT molecular complexity index is 3050. The molecule has 0 amide bonds. The second kappa shape index (κ2) is 12.3. The molecular weight excluding hydrogens is 677 g/mol. The van der Waals surface area contributed by atoms with Gasteiger partial charge < -0.3 is 4.90 Å². The maximum atomic E-state index is 5.28. The molecule has 0 unspecified atom stereocenters. The van der Waals surface area contributed by atoms with Crippen LogP contribution in [0.4, 0.5) is 17.1 Å². The van der Waals surface area contributed by atoms with Crippen LogP contribution in [0.3, 0.4) is 0 Å². The van der Waals surface area contributed by atoms with Crippen LogP contribution in [0.1, 0.15) is 0 Å². The Kier molecular flexibility index (Phi) is 7.00. The maximum Gasteiger partial charge on any atom is 0.220 e. The fraction of sp³-hybridized carbons (Fsp3) is 0. The Morgan fingerprint density at radius 1 is 0.426 bits per heavy atom. The van der Waals surface area contributed by atoms with Crippen LogP contribution < -0.4 is 4.90 Å². The number of para-hydroxylation sites is 2. The zero-order chi connectivity index (χ0) is 35.6. The van der Waals surface area contributed by atoms with Crippen LogP contribution in [0.15, 0.2) is 194 Å². The molecule has 0 radical (unpaired) electrons. The molecule has 0 fully saturated rings. The van der Waals surface area contributed by atoms with E-state index in [9.17, 15) is 0 Å². The lowest BCUT2D eigenvalue weighted by Crippen LogP contribution is -2.10. The predicted octanol–water partition coefficient (Wildman–Crippen LogP) is 13.6. The SMILES string of the molecule is c1ccc(-c2ccc(N(c3ccc(-c4ccccc4)cc3)c3ccc4c(c3)n3c5ccccc5nc3n4-c3cccc4sc5ccccc5c34)cc2)cc1. The molecule has 0 atom stereocenters. The van der Waals surface area contributed by atoms with E-state index >= 15 is 0 Å². The summed E-state index contributed by atoms with van der Waals surface area (Å²) in [6.07, 6.45) is 0. The molecule has 8 aromatic carbocycles. The fourth-order valence-corrected chi connectivity index (χ4v) is 9.15. The summed E-state index contributed by atoms with van der Waals surface area (Å²) in [6.45, 7) is 0. The minimum atomic E-state index is 0.900. The Morgan fingerprint density at radius 3 is 1.70 bits per heavy atom. The topological polar surface area (TPSA) is 25.5 Å². The summed E-state index contributed by atoms with van der Waals surface area (Å²) in [5, 5.41) is 2.53. The quantitative estimate of drug-likeness (QED) is 0.172. The smallest absolute Gasteiger partial charge is 0.220 e. The number of thiophene rings is 1. The van der Waals surface area contributed by atoms with Crippen LogP contribution in [0.5, 0.6) is 0 Å². The zero-order valence-corrected chi connectivity index (χ0v) is 30.0. The number of fused-ring (bicyclic) bond motifs is 8. The third-order valence-corrected chi connectivity index (χ3v) is 11.7. The Morgan fingerprint density at radius 2 is 1.00 bits per heavy atom. The van der Waals surface area contributed by atoms with E-state index in [1.165, 1.54) is 42.4 Å². The molecule has 0 spiro atoms. The van der Waals surface area contributed by atoms with E-state index in [0.29, 0.717) is 0 Å². The van der Waals surface area contributed by atoms with Gasteiger partial charge in [0, 0.05) is 37.2 Å². The van der Waals surface area contributed by atoms with Crippen LogP contribution in [-0.2, 0) is 0 Å². The Balaban J connectivity index is 1.14. The van der Waals surface area contributed by atoms with E-state index in [4.69, 9.17) is 4.98 Å². The zero-order valence-electron chi connectivity index (χ0n) is 29.2. The molecule has 5 heteroatoms. The summed E-state index contributed by atoms with van der Waals surface area (Å²) in [6, 6.07) is 69.6. The lowest BCUT2D eigenvalue weighted by Gasteiger charge is -2.26. The number of benzene rings is 8. The number of rotatable bonds is 6. The van der Waals surface area contributed by atoms with E-state index in [1.807, 2.05) is 11.3 Å². The number of nitrogens with zero attached hydrogens (tertiary/aromatic N) is 4. The summed E-state index contributed by atoms with van der Waals surface area (Å²) in [5.74, 6) is 0.900. The van der Waals surface area contributed by atoms with Crippen LogP contribution >= 0.6 is 11.3 Å². The van der Waals surface area contributed by atoms with Crippen molar-refractivity contribution in [3.8, 4) is 27.9 Å². The first-order valence-electron chi connectivity index (χ1n) is 18.2. The van der Waals surface area contributed by atoms with E-state index in [-0.39, 0.29) is 0 Å². The van der Waals surface area contributed by atoms with Gasteiger partial charge in [-0.1, -0.05) is 121 Å². The van der Waals surface area contributed by atoms with E-state index in [2.05, 4.69) is 208 Å². The van der Waals surface area contributed by atoms with Gasteiger partial charge in [-0.15, -0.1) is 11.3 Å². The average Bonchev–Trinajstić information content (AvgIpc) is 3.91. The number of hydrogen-bond donors (Lipinski definition) is 0. The molecule has 0 aliphatic carbocycles. The first kappa shape index (κ1) is 30.7. The van der Waals surface area contributed by atoms with Crippen molar-refractivity contribution >= 4 is 76.4 Å². The number of anilines is 3. The molecule has 11 rings (SSSR count). The molecule has 54 heavy (non-hydrogen) atoms. The minimum absolute atomic E-state index is 0.900. The molecule has 0 saturated carbocycles. The minimum Gasteiger partial charge on any atom is -0.310 e. The largest absolute Gasteiger partial charge is 0.310 e. The van der Waals surface area contributed by atoms with Crippen LogP contribution in [0, 0.1) is 0 Å². The van der Waals surface area contributed by atoms with Crippen molar-refractivity contribution in [1.82, 2.24) is 14.0 Å². The summed E-state index contributed by atoms with van der Waals surface area (Å²) < 4.78 is 7.24. The van der Waals surface area contributed by atoms with Gasteiger partial charge >= 0.3 is 0 Å². The molecule has 3 heterocycles. The molecular formula is C49H32N4S. The molecule has 0 aliphatic heterocycles. The van der Waals surface area contributed by atoms with E-state index in [1.54, 1.807) is 0 Å². The van der Waals surface area contributed by atoms with Crippen LogP contribution in [0.25, 0.3) is 76.0 Å². The highest BCUT2D eigenvalue weighted by atomic mass is 32.1. The Labute approximate surface area is 316 Å². The van der Waals surface area contributed by atoms with E-state index < -0.39 is 0 Å². The van der Waals surface area contributed by atoms with Gasteiger partial charge in [-0.05, 0) is 95.1 Å². The molecule has 0 aliphatic rings. The first-order chi connectivity index (χ1) is 26.8. The summed E-state index contributed by atoms with van der Waals surface area (Å²) >= 11 is 1.84. The normalized spacial score (nSPS) is 11.7. The second-order valence-electron chi connectivity index (χ2n) is 13.7. The molecule has 254 valence electrons. The maximum absolute atomic E-state index is 5.28. The monoisotopic (exact) mass is 708 g/mol.